The molecule has 0 saturated carbocycles. The summed E-state index contributed by atoms with van der Waals surface area (Å²) < 4.78 is 4.08. The van der Waals surface area contributed by atoms with Gasteiger partial charge in [0.25, 0.3) is 0 Å². The smallest absolute Gasteiger partial charge is 0.314 e. The summed E-state index contributed by atoms with van der Waals surface area (Å²) in [5.74, 6) is -0.703. The first-order valence-corrected chi connectivity index (χ1v) is 9.91. The topological polar surface area (TPSA) is 156 Å². The highest BCUT2D eigenvalue weighted by atomic mass is 32.2. The van der Waals surface area contributed by atoms with Crippen molar-refractivity contribution in [2.75, 3.05) is 24.6 Å². The number of aliphatic carboxylic acids is 1. The fourth-order valence-electron chi connectivity index (χ4n) is 1.34. The Labute approximate surface area is 172 Å². The number of carbonyl (C=O) groups is 6. The molecule has 0 bridgehead atoms. The van der Waals surface area contributed by atoms with Crippen LogP contribution in [0.2, 0.25) is 0 Å². The molecule has 1 heterocycles. The lowest BCUT2D eigenvalue weighted by molar-refractivity contribution is -0.152. The van der Waals surface area contributed by atoms with E-state index >= 15 is 0 Å². The molecule has 12 heteroatoms. The largest absolute Gasteiger partial charge is 0.481 e. The normalized spacial score (nSPS) is 11.8. The molecule has 10 nitrogen and oxygen atoms in total. The number of amides is 2. The van der Waals surface area contributed by atoms with Gasteiger partial charge in [-0.2, -0.15) is 12.6 Å². The van der Waals surface area contributed by atoms with Gasteiger partial charge < -0.3 is 20.5 Å². The number of carboxylic acid groups (broad SMARTS) is 1. The molecule has 160 valence electrons. The second-order valence-corrected chi connectivity index (χ2v) is 6.75. The number of cyclic esters (lactones) is 2. The highest BCUT2D eigenvalue weighted by Crippen LogP contribution is 2.06. The van der Waals surface area contributed by atoms with Gasteiger partial charge >= 0.3 is 17.9 Å². The van der Waals surface area contributed by atoms with Gasteiger partial charge in [-0.1, -0.05) is 11.8 Å². The predicted molar refractivity (Wildman–Crippen MR) is 106 cm³/mol. The number of thiol groups is 1. The lowest BCUT2D eigenvalue weighted by Crippen LogP contribution is -2.22. The fourth-order valence-corrected chi connectivity index (χ4v) is 2.13. The number of hydrogen-bond acceptors (Lipinski definition) is 9. The molecule has 0 aliphatic carbocycles. The van der Waals surface area contributed by atoms with Crippen LogP contribution >= 0.6 is 24.4 Å². The zero-order chi connectivity index (χ0) is 21.9. The molecule has 28 heavy (non-hydrogen) atoms. The molecule has 1 fully saturated rings. The van der Waals surface area contributed by atoms with Crippen LogP contribution in [0.3, 0.4) is 0 Å². The van der Waals surface area contributed by atoms with Crippen molar-refractivity contribution in [2.24, 2.45) is 0 Å². The lowest BCUT2D eigenvalue weighted by Gasteiger charge is -2.00. The molecule has 1 rings (SSSR count). The van der Waals surface area contributed by atoms with Gasteiger partial charge in [-0.15, -0.1) is 0 Å². The Morgan fingerprint density at radius 1 is 1.00 bits per heavy atom. The third-order valence-corrected chi connectivity index (χ3v) is 3.69. The molecular formula is C16H26N2O8S2. The molecule has 3 N–H and O–H groups in total. The van der Waals surface area contributed by atoms with E-state index in [9.17, 15) is 28.8 Å². The van der Waals surface area contributed by atoms with E-state index in [0.717, 1.165) is 11.8 Å². The molecular weight excluding hydrogens is 412 g/mol. The van der Waals surface area contributed by atoms with Gasteiger partial charge in [-0.3, -0.25) is 28.8 Å². The average Bonchev–Trinajstić information content (AvgIpc) is 2.99. The van der Waals surface area contributed by atoms with Crippen LogP contribution in [0, 0.1) is 0 Å². The summed E-state index contributed by atoms with van der Waals surface area (Å²) in [6, 6.07) is 0. The summed E-state index contributed by atoms with van der Waals surface area (Å²) in [5, 5.41) is 13.3. The van der Waals surface area contributed by atoms with Crippen LogP contribution in [0.4, 0.5) is 0 Å². The van der Waals surface area contributed by atoms with Gasteiger partial charge in [0, 0.05) is 44.9 Å². The summed E-state index contributed by atoms with van der Waals surface area (Å²) in [4.78, 5) is 61.6. The number of thioether (sulfide) groups is 1. The Balaban J connectivity index is 0. The van der Waals surface area contributed by atoms with E-state index in [-0.39, 0.29) is 42.6 Å². The van der Waals surface area contributed by atoms with Gasteiger partial charge in [0.1, 0.15) is 0 Å². The maximum absolute atomic E-state index is 11.0. The summed E-state index contributed by atoms with van der Waals surface area (Å²) in [5.41, 5.74) is 0. The molecule has 0 aromatic rings. The number of carbonyl (C=O) groups excluding carboxylic acids is 5. The number of rotatable bonds is 8. The van der Waals surface area contributed by atoms with Crippen molar-refractivity contribution < 1.29 is 38.6 Å². The first kappa shape index (κ1) is 28.1. The Hall–Kier alpha value is -2.08. The van der Waals surface area contributed by atoms with Gasteiger partial charge in [0.2, 0.25) is 11.8 Å². The zero-order valence-electron chi connectivity index (χ0n) is 15.8. The molecule has 0 aromatic heterocycles. The van der Waals surface area contributed by atoms with Crippen LogP contribution < -0.4 is 10.6 Å². The second kappa shape index (κ2) is 18.3. The van der Waals surface area contributed by atoms with Crippen LogP contribution in [0.5, 0.6) is 0 Å². The predicted octanol–water partition coefficient (Wildman–Crippen LogP) is 0.149. The van der Waals surface area contributed by atoms with Crippen molar-refractivity contribution >= 4 is 59.2 Å². The van der Waals surface area contributed by atoms with E-state index in [1.54, 1.807) is 0 Å². The number of esters is 2. The number of ether oxygens (including phenoxy) is 1. The monoisotopic (exact) mass is 438 g/mol. The molecule has 2 amide bonds. The molecule has 0 unspecified atom stereocenters. The van der Waals surface area contributed by atoms with E-state index < -0.39 is 17.9 Å². The van der Waals surface area contributed by atoms with Crippen molar-refractivity contribution in [3.63, 3.8) is 0 Å². The standard InChI is InChI=1S/C8H13NO4S.C4H9NOS.C4H4O3/c1-6(10)9-4-5-14-8(13)3-2-7(11)12;1-4(6)5-2-3-7;5-3-1-2-4(6)7-3/h2-5H2,1H3,(H,9,10)(H,11,12);7H,2-3H2,1H3,(H,5,6);1-2H2. The summed E-state index contributed by atoms with van der Waals surface area (Å²) >= 11 is 4.92. The van der Waals surface area contributed by atoms with E-state index in [2.05, 4.69) is 28.0 Å². The number of nitrogens with one attached hydrogen (secondary N) is 2. The van der Waals surface area contributed by atoms with Gasteiger partial charge in [0.15, 0.2) is 5.12 Å². The average molecular weight is 439 g/mol. The van der Waals surface area contributed by atoms with Crippen molar-refractivity contribution in [2.45, 2.75) is 39.5 Å². The first-order valence-electron chi connectivity index (χ1n) is 8.29. The minimum atomic E-state index is -0.971. The van der Waals surface area contributed by atoms with Crippen molar-refractivity contribution in [1.82, 2.24) is 10.6 Å². The minimum absolute atomic E-state index is 0.00838. The molecule has 0 aromatic carbocycles. The third kappa shape index (κ3) is 23.9. The minimum Gasteiger partial charge on any atom is -0.481 e. The lowest BCUT2D eigenvalue weighted by atomic mass is 10.3. The van der Waals surface area contributed by atoms with Crippen molar-refractivity contribution in [3.8, 4) is 0 Å². The quantitative estimate of drug-likeness (QED) is 0.179. The Morgan fingerprint density at radius 3 is 1.82 bits per heavy atom. The maximum Gasteiger partial charge on any atom is 0.314 e. The van der Waals surface area contributed by atoms with E-state index in [0.29, 0.717) is 24.6 Å². The highest BCUT2D eigenvalue weighted by molar-refractivity contribution is 8.13. The van der Waals surface area contributed by atoms with Gasteiger partial charge in [-0.25, -0.2) is 0 Å². The SMILES string of the molecule is CC(=O)NCCS.CC(=O)NCCSC(=O)CCC(=O)O.O=C1CCC(=O)O1. The van der Waals surface area contributed by atoms with Crippen LogP contribution in [0.15, 0.2) is 0 Å². The Kier molecular flexibility index (Phi) is 18.4. The fraction of sp³-hybridized carbons (Fsp3) is 0.625. The number of hydrogen-bond donors (Lipinski definition) is 4. The third-order valence-electron chi connectivity index (χ3n) is 2.53. The van der Waals surface area contributed by atoms with Gasteiger partial charge in [-0.05, 0) is 0 Å². The summed E-state index contributed by atoms with van der Waals surface area (Å²) in [6.45, 7) is 3.98. The summed E-state index contributed by atoms with van der Waals surface area (Å²) in [6.07, 6.45) is 0.434. The van der Waals surface area contributed by atoms with E-state index in [4.69, 9.17) is 5.11 Å². The van der Waals surface area contributed by atoms with Crippen LogP contribution in [-0.2, 0) is 33.5 Å². The van der Waals surface area contributed by atoms with Crippen LogP contribution in [0.1, 0.15) is 39.5 Å². The van der Waals surface area contributed by atoms with E-state index in [1.807, 2.05) is 0 Å². The van der Waals surface area contributed by atoms with Crippen LogP contribution in [-0.4, -0.2) is 64.5 Å². The molecule has 0 radical (unpaired) electrons. The Morgan fingerprint density at radius 2 is 1.50 bits per heavy atom. The summed E-state index contributed by atoms with van der Waals surface area (Å²) in [7, 11) is 0. The van der Waals surface area contributed by atoms with E-state index in [1.165, 1.54) is 13.8 Å². The second-order valence-electron chi connectivity index (χ2n) is 5.15. The number of carboxylic acids is 1. The van der Waals surface area contributed by atoms with Crippen molar-refractivity contribution in [1.29, 1.82) is 0 Å². The molecule has 1 aliphatic heterocycles. The molecule has 1 saturated heterocycles. The molecule has 0 atom stereocenters. The van der Waals surface area contributed by atoms with Crippen LogP contribution in [0.25, 0.3) is 0 Å². The molecule has 0 spiro atoms. The highest BCUT2D eigenvalue weighted by Gasteiger charge is 2.19. The zero-order valence-corrected chi connectivity index (χ0v) is 17.5. The maximum atomic E-state index is 11.0. The van der Waals surface area contributed by atoms with Gasteiger partial charge in [0.05, 0.1) is 19.3 Å². The molecule has 1 aliphatic rings. The Bertz CT molecular complexity index is 541. The van der Waals surface area contributed by atoms with Crippen molar-refractivity contribution in [3.05, 3.63) is 0 Å². The first-order chi connectivity index (χ1) is 13.1.